The SMILES string of the molecule is CC[C@@H]1CN(c2ccc(CCNC(=O)c3cnc4[nH]ccc4c3)cc2)CCN1C(=O)OC(C)(C)C. The number of aromatic nitrogens is 2. The average Bonchev–Trinajstić information content (AvgIpc) is 3.31. The molecule has 0 aliphatic carbocycles. The van der Waals surface area contributed by atoms with Crippen molar-refractivity contribution in [2.75, 3.05) is 31.1 Å². The highest BCUT2D eigenvalue weighted by atomic mass is 16.6. The number of H-pyrrole nitrogens is 1. The van der Waals surface area contributed by atoms with Crippen LogP contribution in [-0.4, -0.2) is 64.7 Å². The number of hydrogen-bond acceptors (Lipinski definition) is 5. The van der Waals surface area contributed by atoms with Crippen molar-refractivity contribution >= 4 is 28.7 Å². The quantitative estimate of drug-likeness (QED) is 0.550. The Bertz CT molecular complexity index is 1170. The van der Waals surface area contributed by atoms with Gasteiger partial charge in [-0.05, 0) is 63.4 Å². The minimum Gasteiger partial charge on any atom is -0.444 e. The largest absolute Gasteiger partial charge is 0.444 e. The molecule has 186 valence electrons. The molecule has 1 atom stereocenters. The van der Waals surface area contributed by atoms with Crippen LogP contribution in [0.25, 0.3) is 11.0 Å². The topological polar surface area (TPSA) is 90.6 Å². The van der Waals surface area contributed by atoms with E-state index in [-0.39, 0.29) is 18.0 Å². The van der Waals surface area contributed by atoms with Crippen molar-refractivity contribution in [1.82, 2.24) is 20.2 Å². The lowest BCUT2D eigenvalue weighted by atomic mass is 10.1. The van der Waals surface area contributed by atoms with E-state index >= 15 is 0 Å². The number of aromatic amines is 1. The van der Waals surface area contributed by atoms with Gasteiger partial charge >= 0.3 is 6.09 Å². The number of pyridine rings is 1. The maximum Gasteiger partial charge on any atom is 0.410 e. The van der Waals surface area contributed by atoms with Crippen molar-refractivity contribution in [3.63, 3.8) is 0 Å². The van der Waals surface area contributed by atoms with E-state index in [4.69, 9.17) is 4.74 Å². The summed E-state index contributed by atoms with van der Waals surface area (Å²) >= 11 is 0. The second kappa shape index (κ2) is 10.4. The first-order valence-electron chi connectivity index (χ1n) is 12.3. The van der Waals surface area contributed by atoms with E-state index in [2.05, 4.69) is 51.4 Å². The first-order valence-corrected chi connectivity index (χ1v) is 12.3. The summed E-state index contributed by atoms with van der Waals surface area (Å²) < 4.78 is 5.60. The summed E-state index contributed by atoms with van der Waals surface area (Å²) in [5.41, 5.74) is 3.15. The summed E-state index contributed by atoms with van der Waals surface area (Å²) in [5, 5.41) is 3.90. The van der Waals surface area contributed by atoms with Gasteiger partial charge < -0.3 is 24.8 Å². The highest BCUT2D eigenvalue weighted by Crippen LogP contribution is 2.23. The van der Waals surface area contributed by atoms with Crippen molar-refractivity contribution in [2.45, 2.75) is 52.2 Å². The third kappa shape index (κ3) is 6.12. The number of carbonyl (C=O) groups is 2. The molecule has 1 saturated heterocycles. The number of anilines is 1. The molecule has 0 radical (unpaired) electrons. The molecule has 0 saturated carbocycles. The molecule has 0 spiro atoms. The molecule has 35 heavy (non-hydrogen) atoms. The average molecular weight is 478 g/mol. The van der Waals surface area contributed by atoms with Gasteiger partial charge in [-0.15, -0.1) is 0 Å². The zero-order chi connectivity index (χ0) is 25.0. The van der Waals surface area contributed by atoms with Gasteiger partial charge in [0.2, 0.25) is 0 Å². The molecule has 8 heteroatoms. The molecule has 1 aromatic carbocycles. The lowest BCUT2D eigenvalue weighted by molar-refractivity contribution is 0.0136. The van der Waals surface area contributed by atoms with Gasteiger partial charge in [-0.2, -0.15) is 0 Å². The second-order valence-electron chi connectivity index (χ2n) is 9.99. The molecule has 8 nitrogen and oxygen atoms in total. The number of ether oxygens (including phenoxy) is 1. The number of fused-ring (bicyclic) bond motifs is 1. The fourth-order valence-electron chi connectivity index (χ4n) is 4.36. The van der Waals surface area contributed by atoms with E-state index in [1.807, 2.05) is 44.0 Å². The van der Waals surface area contributed by atoms with Crippen LogP contribution in [0.5, 0.6) is 0 Å². The lowest BCUT2D eigenvalue weighted by Crippen LogP contribution is -2.56. The van der Waals surface area contributed by atoms with Crippen molar-refractivity contribution in [3.05, 3.63) is 59.9 Å². The Morgan fingerprint density at radius 2 is 1.94 bits per heavy atom. The molecule has 1 aliphatic heterocycles. The van der Waals surface area contributed by atoms with E-state index in [1.54, 1.807) is 6.20 Å². The van der Waals surface area contributed by atoms with Gasteiger partial charge in [0.25, 0.3) is 5.91 Å². The standard InChI is InChI=1S/C27H35N5O3/c1-5-22-18-31(14-15-32(22)26(34)35-27(2,3)4)23-8-6-19(7-9-23)10-12-29-25(33)21-16-20-11-13-28-24(20)30-17-21/h6-9,11,13,16-17,22H,5,10,12,14-15,18H2,1-4H3,(H,28,30)(H,29,33)/t22-/m1/s1. The Balaban J connectivity index is 1.28. The molecule has 0 bridgehead atoms. The van der Waals surface area contributed by atoms with Crippen LogP contribution in [0.1, 0.15) is 50.0 Å². The molecule has 3 aromatic rings. The summed E-state index contributed by atoms with van der Waals surface area (Å²) in [7, 11) is 0. The minimum absolute atomic E-state index is 0.119. The first kappa shape index (κ1) is 24.6. The summed E-state index contributed by atoms with van der Waals surface area (Å²) in [6.07, 6.45) is 4.79. The van der Waals surface area contributed by atoms with Gasteiger partial charge in [0.15, 0.2) is 0 Å². The van der Waals surface area contributed by atoms with Gasteiger partial charge in [-0.25, -0.2) is 9.78 Å². The van der Waals surface area contributed by atoms with Crippen LogP contribution in [0.3, 0.4) is 0 Å². The molecule has 4 rings (SSSR count). The van der Waals surface area contributed by atoms with Crippen LogP contribution in [0.2, 0.25) is 0 Å². The highest BCUT2D eigenvalue weighted by molar-refractivity contribution is 5.96. The van der Waals surface area contributed by atoms with Crippen molar-refractivity contribution < 1.29 is 14.3 Å². The number of nitrogens with one attached hydrogen (secondary N) is 2. The van der Waals surface area contributed by atoms with Gasteiger partial charge in [0, 0.05) is 49.6 Å². The zero-order valence-corrected chi connectivity index (χ0v) is 21.0. The Morgan fingerprint density at radius 3 is 2.66 bits per heavy atom. The van der Waals surface area contributed by atoms with E-state index in [0.717, 1.165) is 48.2 Å². The molecule has 0 unspecified atom stereocenters. The van der Waals surface area contributed by atoms with Crippen LogP contribution >= 0.6 is 0 Å². The van der Waals surface area contributed by atoms with Crippen LogP contribution in [0.15, 0.2) is 48.8 Å². The number of benzene rings is 1. The van der Waals surface area contributed by atoms with E-state index in [0.29, 0.717) is 18.7 Å². The third-order valence-corrected chi connectivity index (χ3v) is 6.25. The van der Waals surface area contributed by atoms with Crippen LogP contribution in [-0.2, 0) is 11.2 Å². The summed E-state index contributed by atoms with van der Waals surface area (Å²) in [6, 6.07) is 12.3. The predicted octanol–water partition coefficient (Wildman–Crippen LogP) is 4.37. The molecule has 2 N–H and O–H groups in total. The lowest BCUT2D eigenvalue weighted by Gasteiger charge is -2.42. The molecule has 3 heterocycles. The molecule has 1 aliphatic rings. The molecule has 2 aromatic heterocycles. The number of piperazine rings is 1. The Labute approximate surface area is 206 Å². The Morgan fingerprint density at radius 1 is 1.17 bits per heavy atom. The van der Waals surface area contributed by atoms with Crippen LogP contribution in [0.4, 0.5) is 10.5 Å². The van der Waals surface area contributed by atoms with Gasteiger partial charge in [-0.3, -0.25) is 4.79 Å². The molecular weight excluding hydrogens is 442 g/mol. The maximum atomic E-state index is 12.6. The second-order valence-corrected chi connectivity index (χ2v) is 9.99. The highest BCUT2D eigenvalue weighted by Gasteiger charge is 2.32. The number of amides is 2. The Hall–Kier alpha value is -3.55. The Kier molecular flexibility index (Phi) is 7.28. The van der Waals surface area contributed by atoms with E-state index in [1.165, 1.54) is 0 Å². The monoisotopic (exact) mass is 477 g/mol. The minimum atomic E-state index is -0.491. The summed E-state index contributed by atoms with van der Waals surface area (Å²) in [4.78, 5) is 36.6. The third-order valence-electron chi connectivity index (χ3n) is 6.25. The van der Waals surface area contributed by atoms with E-state index < -0.39 is 5.60 Å². The summed E-state index contributed by atoms with van der Waals surface area (Å²) in [6.45, 7) is 10.5. The molecule has 1 fully saturated rings. The maximum absolute atomic E-state index is 12.6. The van der Waals surface area contributed by atoms with Gasteiger partial charge in [0.05, 0.1) is 11.6 Å². The van der Waals surface area contributed by atoms with Crippen molar-refractivity contribution in [3.8, 4) is 0 Å². The number of nitrogens with zero attached hydrogens (tertiary/aromatic N) is 3. The van der Waals surface area contributed by atoms with Gasteiger partial charge in [0.1, 0.15) is 11.2 Å². The normalized spacial score (nSPS) is 16.4. The zero-order valence-electron chi connectivity index (χ0n) is 21.0. The van der Waals surface area contributed by atoms with E-state index in [9.17, 15) is 9.59 Å². The number of hydrogen-bond donors (Lipinski definition) is 2. The molecule has 2 amide bonds. The van der Waals surface area contributed by atoms with Gasteiger partial charge in [-0.1, -0.05) is 19.1 Å². The first-order chi connectivity index (χ1) is 16.7. The van der Waals surface area contributed by atoms with Crippen LogP contribution in [0, 0.1) is 0 Å². The fourth-order valence-corrected chi connectivity index (χ4v) is 4.36. The smallest absolute Gasteiger partial charge is 0.410 e. The number of rotatable bonds is 6. The molecular formula is C27H35N5O3. The summed E-state index contributed by atoms with van der Waals surface area (Å²) in [5.74, 6) is -0.120. The van der Waals surface area contributed by atoms with Crippen LogP contribution < -0.4 is 10.2 Å². The predicted molar refractivity (Wildman–Crippen MR) is 138 cm³/mol. The van der Waals surface area contributed by atoms with Crippen molar-refractivity contribution in [1.29, 1.82) is 0 Å². The number of carbonyl (C=O) groups excluding carboxylic acids is 2. The fraction of sp³-hybridized carbons (Fsp3) is 0.444. The van der Waals surface area contributed by atoms with Crippen molar-refractivity contribution in [2.24, 2.45) is 0 Å².